The van der Waals surface area contributed by atoms with E-state index < -0.39 is 0 Å². The minimum Gasteiger partial charge on any atom is -0.457 e. The molecule has 0 spiro atoms. The van der Waals surface area contributed by atoms with Crippen LogP contribution in [0.25, 0.3) is 0 Å². The third kappa shape index (κ3) is 5.32. The average molecular weight is 395 g/mol. The fraction of sp³-hybridized carbons (Fsp3) is 0.333. The number of aryl methyl sites for hydroxylation is 1. The first-order valence-electron chi connectivity index (χ1n) is 7.11. The molecular weight excluding hydrogens is 373 g/mol. The van der Waals surface area contributed by atoms with E-state index in [9.17, 15) is 0 Å². The molecule has 2 nitrogen and oxygen atoms in total. The van der Waals surface area contributed by atoms with Gasteiger partial charge in [-0.25, -0.2) is 0 Å². The zero-order chi connectivity index (χ0) is 15.5. The number of ether oxygens (including phenoxy) is 1. The van der Waals surface area contributed by atoms with Crippen LogP contribution in [0.1, 0.15) is 31.9 Å². The highest BCUT2D eigenvalue weighted by Crippen LogP contribution is 2.26. The van der Waals surface area contributed by atoms with Gasteiger partial charge in [0.15, 0.2) is 0 Å². The summed E-state index contributed by atoms with van der Waals surface area (Å²) in [5.74, 6) is 1.79. The normalized spacial score (nSPS) is 11.5. The molecule has 0 saturated heterocycles. The lowest BCUT2D eigenvalue weighted by atomic mass is 10.1. The van der Waals surface area contributed by atoms with Crippen LogP contribution in [0.5, 0.6) is 11.5 Å². The van der Waals surface area contributed by atoms with Gasteiger partial charge in [-0.3, -0.25) is 0 Å². The van der Waals surface area contributed by atoms with Crippen molar-refractivity contribution in [2.24, 2.45) is 0 Å². The number of nitrogens with one attached hydrogen (secondary N) is 1. The molecule has 21 heavy (non-hydrogen) atoms. The summed E-state index contributed by atoms with van der Waals surface area (Å²) in [5.41, 5.74) is 2.56. The van der Waals surface area contributed by atoms with Crippen molar-refractivity contribution in [2.45, 2.75) is 39.8 Å². The van der Waals surface area contributed by atoms with E-state index in [2.05, 4.69) is 67.7 Å². The molecule has 112 valence electrons. The summed E-state index contributed by atoms with van der Waals surface area (Å²) in [7, 11) is 0. The van der Waals surface area contributed by atoms with Gasteiger partial charge in [0.1, 0.15) is 11.5 Å². The van der Waals surface area contributed by atoms with Crippen LogP contribution in [-0.4, -0.2) is 5.54 Å². The lowest BCUT2D eigenvalue weighted by Gasteiger charge is -2.21. The molecule has 2 aromatic carbocycles. The quantitative estimate of drug-likeness (QED) is 0.712. The van der Waals surface area contributed by atoms with Gasteiger partial charge in [-0.05, 0) is 91.7 Å². The standard InChI is InChI=1S/C18H22INO/c1-13-11-14(12-20-18(2,3)4)5-10-17(13)21-16-8-6-15(19)7-9-16/h5-11,20H,12H2,1-4H3. The van der Waals surface area contributed by atoms with Crippen molar-refractivity contribution in [3.63, 3.8) is 0 Å². The Morgan fingerprint density at radius 3 is 2.29 bits per heavy atom. The van der Waals surface area contributed by atoms with E-state index in [1.807, 2.05) is 30.3 Å². The zero-order valence-corrected chi connectivity index (χ0v) is 15.2. The summed E-state index contributed by atoms with van der Waals surface area (Å²) in [5, 5.41) is 3.50. The summed E-state index contributed by atoms with van der Waals surface area (Å²) in [6, 6.07) is 14.4. The van der Waals surface area contributed by atoms with E-state index in [0.29, 0.717) is 0 Å². The summed E-state index contributed by atoms with van der Waals surface area (Å²) >= 11 is 2.29. The van der Waals surface area contributed by atoms with Gasteiger partial charge in [-0.15, -0.1) is 0 Å². The Bertz CT molecular complexity index is 600. The lowest BCUT2D eigenvalue weighted by molar-refractivity contribution is 0.424. The van der Waals surface area contributed by atoms with E-state index in [1.54, 1.807) is 0 Å². The van der Waals surface area contributed by atoms with Crippen LogP contribution in [0.4, 0.5) is 0 Å². The van der Waals surface area contributed by atoms with Gasteiger partial charge in [-0.1, -0.05) is 12.1 Å². The van der Waals surface area contributed by atoms with E-state index in [4.69, 9.17) is 4.74 Å². The minimum absolute atomic E-state index is 0.129. The third-order valence-electron chi connectivity index (χ3n) is 3.10. The molecular formula is C18H22INO. The van der Waals surface area contributed by atoms with E-state index >= 15 is 0 Å². The first-order valence-corrected chi connectivity index (χ1v) is 8.19. The van der Waals surface area contributed by atoms with Gasteiger partial charge >= 0.3 is 0 Å². The molecule has 1 N–H and O–H groups in total. The molecule has 0 bridgehead atoms. The largest absolute Gasteiger partial charge is 0.457 e. The second kappa shape index (κ2) is 6.79. The van der Waals surface area contributed by atoms with Gasteiger partial charge in [0, 0.05) is 15.7 Å². The van der Waals surface area contributed by atoms with Crippen molar-refractivity contribution in [1.82, 2.24) is 5.32 Å². The summed E-state index contributed by atoms with van der Waals surface area (Å²) in [4.78, 5) is 0. The van der Waals surface area contributed by atoms with Crippen molar-refractivity contribution < 1.29 is 4.74 Å². The molecule has 0 aliphatic heterocycles. The number of hydrogen-bond donors (Lipinski definition) is 1. The second-order valence-electron chi connectivity index (χ2n) is 6.26. The molecule has 2 aromatic rings. The van der Waals surface area contributed by atoms with Gasteiger partial charge in [0.05, 0.1) is 0 Å². The van der Waals surface area contributed by atoms with Crippen molar-refractivity contribution >= 4 is 22.6 Å². The first kappa shape index (κ1) is 16.3. The Morgan fingerprint density at radius 2 is 1.71 bits per heavy atom. The minimum atomic E-state index is 0.129. The lowest BCUT2D eigenvalue weighted by Crippen LogP contribution is -2.35. The van der Waals surface area contributed by atoms with Gasteiger partial charge in [-0.2, -0.15) is 0 Å². The van der Waals surface area contributed by atoms with Crippen molar-refractivity contribution in [2.75, 3.05) is 0 Å². The predicted octanol–water partition coefficient (Wildman–Crippen LogP) is 5.28. The molecule has 3 heteroatoms. The molecule has 0 radical (unpaired) electrons. The van der Waals surface area contributed by atoms with E-state index in [-0.39, 0.29) is 5.54 Å². The Hall–Kier alpha value is -1.07. The molecule has 0 atom stereocenters. The number of benzene rings is 2. The van der Waals surface area contributed by atoms with Gasteiger partial charge in [0.25, 0.3) is 0 Å². The highest BCUT2D eigenvalue weighted by molar-refractivity contribution is 14.1. The summed E-state index contributed by atoms with van der Waals surface area (Å²) in [6.07, 6.45) is 0. The summed E-state index contributed by atoms with van der Waals surface area (Å²) in [6.45, 7) is 9.48. The SMILES string of the molecule is Cc1cc(CNC(C)(C)C)ccc1Oc1ccc(I)cc1. The molecule has 2 rings (SSSR count). The number of hydrogen-bond acceptors (Lipinski definition) is 2. The average Bonchev–Trinajstić information content (AvgIpc) is 2.41. The van der Waals surface area contributed by atoms with Gasteiger partial charge < -0.3 is 10.1 Å². The van der Waals surface area contributed by atoms with E-state index in [1.165, 1.54) is 9.13 Å². The van der Waals surface area contributed by atoms with Crippen LogP contribution in [-0.2, 0) is 6.54 Å². The van der Waals surface area contributed by atoms with Crippen LogP contribution in [0, 0.1) is 10.5 Å². The number of halogens is 1. The van der Waals surface area contributed by atoms with Crippen LogP contribution >= 0.6 is 22.6 Å². The van der Waals surface area contributed by atoms with Crippen molar-refractivity contribution in [3.05, 3.63) is 57.2 Å². The van der Waals surface area contributed by atoms with Crippen LogP contribution < -0.4 is 10.1 Å². The smallest absolute Gasteiger partial charge is 0.130 e. The molecule has 0 aliphatic rings. The zero-order valence-electron chi connectivity index (χ0n) is 13.0. The van der Waals surface area contributed by atoms with Crippen LogP contribution in [0.2, 0.25) is 0 Å². The maximum Gasteiger partial charge on any atom is 0.130 e. The highest BCUT2D eigenvalue weighted by atomic mass is 127. The monoisotopic (exact) mass is 395 g/mol. The molecule has 0 unspecified atom stereocenters. The Kier molecular flexibility index (Phi) is 5.27. The molecule has 0 heterocycles. The van der Waals surface area contributed by atoms with Crippen molar-refractivity contribution in [3.8, 4) is 11.5 Å². The predicted molar refractivity (Wildman–Crippen MR) is 97.0 cm³/mol. The number of rotatable bonds is 4. The molecule has 0 amide bonds. The third-order valence-corrected chi connectivity index (χ3v) is 3.82. The molecule has 0 fully saturated rings. The highest BCUT2D eigenvalue weighted by Gasteiger charge is 2.09. The van der Waals surface area contributed by atoms with Crippen LogP contribution in [0.15, 0.2) is 42.5 Å². The Balaban J connectivity index is 2.07. The maximum absolute atomic E-state index is 5.94. The Morgan fingerprint density at radius 1 is 1.05 bits per heavy atom. The first-order chi connectivity index (χ1) is 9.83. The molecule has 0 aliphatic carbocycles. The maximum atomic E-state index is 5.94. The van der Waals surface area contributed by atoms with Crippen molar-refractivity contribution in [1.29, 1.82) is 0 Å². The molecule has 0 saturated carbocycles. The van der Waals surface area contributed by atoms with E-state index in [0.717, 1.165) is 23.6 Å². The topological polar surface area (TPSA) is 21.3 Å². The fourth-order valence-electron chi connectivity index (χ4n) is 1.93. The summed E-state index contributed by atoms with van der Waals surface area (Å²) < 4.78 is 7.15. The molecule has 0 aromatic heterocycles. The Labute approximate surface area is 141 Å². The fourth-order valence-corrected chi connectivity index (χ4v) is 2.29. The van der Waals surface area contributed by atoms with Crippen LogP contribution in [0.3, 0.4) is 0 Å². The second-order valence-corrected chi connectivity index (χ2v) is 7.51. The van der Waals surface area contributed by atoms with Gasteiger partial charge in [0.2, 0.25) is 0 Å².